The number of aromatic nitrogens is 3. The minimum Gasteiger partial charge on any atom is -0.299 e. The average molecular weight is 251 g/mol. The topological polar surface area (TPSA) is 54.5 Å². The molecule has 2 aromatic rings. The van der Waals surface area contributed by atoms with Crippen molar-refractivity contribution in [3.05, 3.63) is 22.6 Å². The van der Waals surface area contributed by atoms with Gasteiger partial charge in [0.2, 0.25) is 0 Å². The van der Waals surface area contributed by atoms with E-state index in [1.807, 2.05) is 13.0 Å². The second-order valence-corrected chi connectivity index (χ2v) is 3.82. The van der Waals surface area contributed by atoms with Gasteiger partial charge in [0.1, 0.15) is 17.9 Å². The lowest BCUT2D eigenvalue weighted by atomic mass is 10.4. The van der Waals surface area contributed by atoms with Crippen LogP contribution in [0.15, 0.2) is 16.7 Å². The second-order valence-electron chi connectivity index (χ2n) is 2.90. The molecule has 0 saturated carbocycles. The molecule has 0 atom stereocenters. The maximum Gasteiger partial charge on any atom is 0.160 e. The van der Waals surface area contributed by atoms with Crippen LogP contribution >= 0.6 is 15.9 Å². The SMILES string of the molecule is Cc1nc2cc(Br)cnc2n1CC#N. The van der Waals surface area contributed by atoms with Gasteiger partial charge in [0, 0.05) is 10.7 Å². The standard InChI is InChI=1S/C9H7BrN4/c1-6-13-8-4-7(10)5-12-9(8)14(6)3-2-11/h4-5H,3H2,1H3. The Hall–Kier alpha value is -1.41. The molecule has 0 amide bonds. The van der Waals surface area contributed by atoms with E-state index in [-0.39, 0.29) is 6.54 Å². The molecule has 70 valence electrons. The van der Waals surface area contributed by atoms with Gasteiger partial charge in [-0.15, -0.1) is 0 Å². The first-order chi connectivity index (χ1) is 6.72. The molecule has 2 rings (SSSR count). The molecule has 0 aromatic carbocycles. The Labute approximate surface area is 89.3 Å². The Balaban J connectivity index is 2.72. The van der Waals surface area contributed by atoms with E-state index < -0.39 is 0 Å². The molecule has 0 aliphatic carbocycles. The van der Waals surface area contributed by atoms with Gasteiger partial charge in [0.25, 0.3) is 0 Å². The van der Waals surface area contributed by atoms with Crippen molar-refractivity contribution in [3.63, 3.8) is 0 Å². The molecule has 0 aliphatic rings. The zero-order chi connectivity index (χ0) is 10.1. The first kappa shape index (κ1) is 9.16. The van der Waals surface area contributed by atoms with Crippen LogP contribution in [0.1, 0.15) is 5.82 Å². The number of rotatable bonds is 1. The van der Waals surface area contributed by atoms with Gasteiger partial charge >= 0.3 is 0 Å². The summed E-state index contributed by atoms with van der Waals surface area (Å²) in [7, 11) is 0. The van der Waals surface area contributed by atoms with Crippen molar-refractivity contribution in [2.45, 2.75) is 13.5 Å². The summed E-state index contributed by atoms with van der Waals surface area (Å²) in [6, 6.07) is 3.98. The summed E-state index contributed by atoms with van der Waals surface area (Å²) in [5.41, 5.74) is 1.57. The number of aryl methyl sites for hydroxylation is 1. The minimum atomic E-state index is 0.289. The number of fused-ring (bicyclic) bond motifs is 1. The van der Waals surface area contributed by atoms with Gasteiger partial charge in [-0.2, -0.15) is 5.26 Å². The summed E-state index contributed by atoms with van der Waals surface area (Å²) in [6.07, 6.45) is 1.71. The maximum atomic E-state index is 8.64. The summed E-state index contributed by atoms with van der Waals surface area (Å²) in [5.74, 6) is 0.812. The van der Waals surface area contributed by atoms with Crippen molar-refractivity contribution in [2.75, 3.05) is 0 Å². The van der Waals surface area contributed by atoms with Crippen molar-refractivity contribution in [2.24, 2.45) is 0 Å². The molecule has 0 fully saturated rings. The Bertz CT molecular complexity index is 523. The molecule has 14 heavy (non-hydrogen) atoms. The summed E-state index contributed by atoms with van der Waals surface area (Å²) in [6.45, 7) is 2.16. The highest BCUT2D eigenvalue weighted by Gasteiger charge is 2.07. The maximum absolute atomic E-state index is 8.64. The molecule has 0 saturated heterocycles. The van der Waals surface area contributed by atoms with Crippen LogP contribution in [0.4, 0.5) is 0 Å². The van der Waals surface area contributed by atoms with Crippen LogP contribution in [0.5, 0.6) is 0 Å². The van der Waals surface area contributed by atoms with Crippen LogP contribution in [-0.4, -0.2) is 14.5 Å². The van der Waals surface area contributed by atoms with Crippen molar-refractivity contribution in [3.8, 4) is 6.07 Å². The van der Waals surface area contributed by atoms with Crippen LogP contribution in [0.3, 0.4) is 0 Å². The Morgan fingerprint density at radius 3 is 3.14 bits per heavy atom. The molecular weight excluding hydrogens is 244 g/mol. The number of nitriles is 1. The third-order valence-electron chi connectivity index (χ3n) is 1.97. The summed E-state index contributed by atoms with van der Waals surface area (Å²) in [4.78, 5) is 8.53. The predicted molar refractivity (Wildman–Crippen MR) is 55.6 cm³/mol. The van der Waals surface area contributed by atoms with E-state index in [1.165, 1.54) is 0 Å². The molecule has 2 aromatic heterocycles. The number of pyridine rings is 1. The van der Waals surface area contributed by atoms with Crippen LogP contribution in [0.2, 0.25) is 0 Å². The number of halogens is 1. The molecular formula is C9H7BrN4. The van der Waals surface area contributed by atoms with E-state index in [0.717, 1.165) is 21.5 Å². The van der Waals surface area contributed by atoms with Gasteiger partial charge < -0.3 is 0 Å². The van der Waals surface area contributed by atoms with Crippen molar-refractivity contribution < 1.29 is 0 Å². The fraction of sp³-hybridized carbons (Fsp3) is 0.222. The molecule has 0 N–H and O–H groups in total. The first-order valence-electron chi connectivity index (χ1n) is 4.07. The van der Waals surface area contributed by atoms with E-state index in [4.69, 9.17) is 5.26 Å². The molecule has 0 bridgehead atoms. The molecule has 5 heteroatoms. The molecule has 0 spiro atoms. The Morgan fingerprint density at radius 2 is 2.43 bits per heavy atom. The Kier molecular flexibility index (Phi) is 2.22. The van der Waals surface area contributed by atoms with Crippen LogP contribution in [0.25, 0.3) is 11.2 Å². The first-order valence-corrected chi connectivity index (χ1v) is 4.87. The van der Waals surface area contributed by atoms with Crippen LogP contribution in [-0.2, 0) is 6.54 Å². The van der Waals surface area contributed by atoms with E-state index in [1.54, 1.807) is 10.8 Å². The van der Waals surface area contributed by atoms with Gasteiger partial charge in [-0.3, -0.25) is 4.57 Å². The van der Waals surface area contributed by atoms with E-state index in [0.29, 0.717) is 0 Å². The van der Waals surface area contributed by atoms with Crippen LogP contribution < -0.4 is 0 Å². The van der Waals surface area contributed by atoms with Crippen molar-refractivity contribution in [1.82, 2.24) is 14.5 Å². The number of imidazole rings is 1. The van der Waals surface area contributed by atoms with Crippen LogP contribution in [0, 0.1) is 18.3 Å². The lowest BCUT2D eigenvalue weighted by Crippen LogP contribution is -1.98. The van der Waals surface area contributed by atoms with Crippen molar-refractivity contribution >= 4 is 27.1 Å². The van der Waals surface area contributed by atoms with Gasteiger partial charge in [-0.25, -0.2) is 9.97 Å². The smallest absolute Gasteiger partial charge is 0.160 e. The fourth-order valence-corrected chi connectivity index (χ4v) is 1.68. The molecule has 0 unspecified atom stereocenters. The highest BCUT2D eigenvalue weighted by Crippen LogP contribution is 2.17. The van der Waals surface area contributed by atoms with Gasteiger partial charge in [-0.05, 0) is 28.9 Å². The highest BCUT2D eigenvalue weighted by molar-refractivity contribution is 9.10. The lowest BCUT2D eigenvalue weighted by Gasteiger charge is -1.98. The van der Waals surface area contributed by atoms with E-state index in [2.05, 4.69) is 32.0 Å². The summed E-state index contributed by atoms with van der Waals surface area (Å²) >= 11 is 3.33. The van der Waals surface area contributed by atoms with Crippen molar-refractivity contribution in [1.29, 1.82) is 5.26 Å². The number of hydrogen-bond donors (Lipinski definition) is 0. The monoisotopic (exact) mass is 250 g/mol. The zero-order valence-electron chi connectivity index (χ0n) is 7.53. The van der Waals surface area contributed by atoms with Gasteiger partial charge in [-0.1, -0.05) is 0 Å². The number of nitrogens with zero attached hydrogens (tertiary/aromatic N) is 4. The molecule has 0 radical (unpaired) electrons. The minimum absolute atomic E-state index is 0.289. The predicted octanol–water partition coefficient (Wildman–Crippen LogP) is 2.03. The quantitative estimate of drug-likeness (QED) is 0.779. The normalized spacial score (nSPS) is 10.4. The lowest BCUT2D eigenvalue weighted by molar-refractivity contribution is 0.806. The summed E-state index contributed by atoms with van der Waals surface area (Å²) in [5, 5.41) is 8.64. The van der Waals surface area contributed by atoms with E-state index in [9.17, 15) is 0 Å². The highest BCUT2D eigenvalue weighted by atomic mass is 79.9. The van der Waals surface area contributed by atoms with E-state index >= 15 is 0 Å². The summed E-state index contributed by atoms with van der Waals surface area (Å²) < 4.78 is 2.69. The average Bonchev–Trinajstić information content (AvgIpc) is 2.43. The third kappa shape index (κ3) is 1.38. The van der Waals surface area contributed by atoms with Gasteiger partial charge in [0.05, 0.1) is 6.07 Å². The third-order valence-corrected chi connectivity index (χ3v) is 2.40. The Morgan fingerprint density at radius 1 is 1.64 bits per heavy atom. The molecule has 4 nitrogen and oxygen atoms in total. The zero-order valence-corrected chi connectivity index (χ0v) is 9.11. The molecule has 2 heterocycles. The fourth-order valence-electron chi connectivity index (χ4n) is 1.36. The van der Waals surface area contributed by atoms with Gasteiger partial charge in [0.15, 0.2) is 5.65 Å². The largest absolute Gasteiger partial charge is 0.299 e. The second kappa shape index (κ2) is 3.39. The number of hydrogen-bond acceptors (Lipinski definition) is 3. The molecule has 0 aliphatic heterocycles.